The van der Waals surface area contributed by atoms with Crippen LogP contribution in [-0.4, -0.2) is 55.5 Å². The quantitative estimate of drug-likeness (QED) is 0.906. The predicted octanol–water partition coefficient (Wildman–Crippen LogP) is 1.70. The van der Waals surface area contributed by atoms with E-state index in [1.165, 1.54) is 0 Å². The summed E-state index contributed by atoms with van der Waals surface area (Å²) in [5, 5.41) is 3.35. The Morgan fingerprint density at radius 3 is 3.05 bits per heavy atom. The molecule has 0 unspecified atom stereocenters. The third-order valence-corrected chi connectivity index (χ3v) is 4.02. The second kappa shape index (κ2) is 7.76. The Kier molecular flexibility index (Phi) is 6.01. The molecule has 1 aromatic rings. The molecule has 1 aliphatic rings. The lowest BCUT2D eigenvalue weighted by molar-refractivity contribution is -0.131. The molecule has 20 heavy (non-hydrogen) atoms. The highest BCUT2D eigenvalue weighted by Gasteiger charge is 2.15. The SMILES string of the molecule is CN(Cc1cccc(Br)c1)C(=O)CN1CCCNCC1. The van der Waals surface area contributed by atoms with Crippen molar-refractivity contribution in [2.24, 2.45) is 0 Å². The number of hydrogen-bond donors (Lipinski definition) is 1. The average Bonchev–Trinajstić information content (AvgIpc) is 2.67. The van der Waals surface area contributed by atoms with Crippen LogP contribution in [0.5, 0.6) is 0 Å². The topological polar surface area (TPSA) is 35.6 Å². The van der Waals surface area contributed by atoms with Crippen LogP contribution < -0.4 is 5.32 Å². The summed E-state index contributed by atoms with van der Waals surface area (Å²) in [6, 6.07) is 8.10. The number of nitrogens with zero attached hydrogens (tertiary/aromatic N) is 2. The summed E-state index contributed by atoms with van der Waals surface area (Å²) in [5.74, 6) is 0.187. The Morgan fingerprint density at radius 2 is 2.25 bits per heavy atom. The molecular weight excluding hydrogens is 318 g/mol. The van der Waals surface area contributed by atoms with Crippen molar-refractivity contribution < 1.29 is 4.79 Å². The first-order chi connectivity index (χ1) is 9.65. The minimum atomic E-state index is 0.187. The van der Waals surface area contributed by atoms with Gasteiger partial charge in [0.2, 0.25) is 5.91 Å². The zero-order valence-corrected chi connectivity index (χ0v) is 13.5. The maximum atomic E-state index is 12.3. The van der Waals surface area contributed by atoms with Crippen LogP contribution in [-0.2, 0) is 11.3 Å². The van der Waals surface area contributed by atoms with E-state index in [0.29, 0.717) is 13.1 Å². The standard InChI is InChI=1S/C15H22BrN3O/c1-18(11-13-4-2-5-14(16)10-13)15(20)12-19-8-3-6-17-7-9-19/h2,4-5,10,17H,3,6-9,11-12H2,1H3. The monoisotopic (exact) mass is 339 g/mol. The largest absolute Gasteiger partial charge is 0.340 e. The Morgan fingerprint density at radius 1 is 1.40 bits per heavy atom. The smallest absolute Gasteiger partial charge is 0.236 e. The molecule has 0 atom stereocenters. The summed E-state index contributed by atoms with van der Waals surface area (Å²) in [7, 11) is 1.87. The molecule has 0 bridgehead atoms. The fourth-order valence-corrected chi connectivity index (χ4v) is 2.82. The van der Waals surface area contributed by atoms with Crippen LogP contribution in [0.1, 0.15) is 12.0 Å². The maximum Gasteiger partial charge on any atom is 0.236 e. The van der Waals surface area contributed by atoms with Gasteiger partial charge in [-0.2, -0.15) is 0 Å². The van der Waals surface area contributed by atoms with E-state index >= 15 is 0 Å². The fourth-order valence-electron chi connectivity index (χ4n) is 2.37. The van der Waals surface area contributed by atoms with Crippen LogP contribution in [0.25, 0.3) is 0 Å². The number of nitrogens with one attached hydrogen (secondary N) is 1. The zero-order valence-electron chi connectivity index (χ0n) is 11.9. The number of amides is 1. The number of likely N-dealkylation sites (N-methyl/N-ethyl adjacent to an activating group) is 1. The molecule has 0 aromatic heterocycles. The van der Waals surface area contributed by atoms with Gasteiger partial charge in [0.1, 0.15) is 0 Å². The van der Waals surface area contributed by atoms with Gasteiger partial charge in [0.25, 0.3) is 0 Å². The summed E-state index contributed by atoms with van der Waals surface area (Å²) < 4.78 is 1.05. The van der Waals surface area contributed by atoms with Gasteiger partial charge in [0.05, 0.1) is 6.54 Å². The molecule has 1 aromatic carbocycles. The molecule has 1 fully saturated rings. The van der Waals surface area contributed by atoms with Crippen molar-refractivity contribution in [1.29, 1.82) is 0 Å². The van der Waals surface area contributed by atoms with E-state index in [2.05, 4.69) is 32.2 Å². The first-order valence-corrected chi connectivity index (χ1v) is 7.86. The van der Waals surface area contributed by atoms with E-state index in [1.54, 1.807) is 4.90 Å². The molecule has 4 nitrogen and oxygen atoms in total. The highest BCUT2D eigenvalue weighted by Crippen LogP contribution is 2.13. The van der Waals surface area contributed by atoms with Crippen LogP contribution in [0.2, 0.25) is 0 Å². The lowest BCUT2D eigenvalue weighted by atomic mass is 10.2. The van der Waals surface area contributed by atoms with Gasteiger partial charge >= 0.3 is 0 Å². The molecular formula is C15H22BrN3O. The summed E-state index contributed by atoms with van der Waals surface area (Å²) in [6.07, 6.45) is 1.11. The molecule has 0 aliphatic carbocycles. The third-order valence-electron chi connectivity index (χ3n) is 3.53. The van der Waals surface area contributed by atoms with Crippen molar-refractivity contribution in [3.8, 4) is 0 Å². The summed E-state index contributed by atoms with van der Waals surface area (Å²) >= 11 is 3.46. The first kappa shape index (κ1) is 15.5. The fraction of sp³-hybridized carbons (Fsp3) is 0.533. The van der Waals surface area contributed by atoms with Crippen molar-refractivity contribution in [2.45, 2.75) is 13.0 Å². The Balaban J connectivity index is 1.85. The molecule has 1 N–H and O–H groups in total. The van der Waals surface area contributed by atoms with Crippen LogP contribution >= 0.6 is 15.9 Å². The normalized spacial score (nSPS) is 16.7. The molecule has 1 amide bonds. The lowest BCUT2D eigenvalue weighted by Gasteiger charge is -2.23. The molecule has 5 heteroatoms. The second-order valence-corrected chi connectivity index (χ2v) is 6.18. The first-order valence-electron chi connectivity index (χ1n) is 7.06. The minimum absolute atomic E-state index is 0.187. The predicted molar refractivity (Wildman–Crippen MR) is 84.5 cm³/mol. The van der Waals surface area contributed by atoms with Gasteiger partial charge in [-0.1, -0.05) is 28.1 Å². The van der Waals surface area contributed by atoms with E-state index < -0.39 is 0 Å². The summed E-state index contributed by atoms with van der Waals surface area (Å²) in [5.41, 5.74) is 1.15. The van der Waals surface area contributed by atoms with Crippen molar-refractivity contribution >= 4 is 21.8 Å². The van der Waals surface area contributed by atoms with Gasteiger partial charge in [-0.3, -0.25) is 9.69 Å². The van der Waals surface area contributed by atoms with Crippen molar-refractivity contribution in [3.05, 3.63) is 34.3 Å². The molecule has 2 rings (SSSR count). The Bertz CT molecular complexity index is 444. The number of rotatable bonds is 4. The van der Waals surface area contributed by atoms with E-state index in [4.69, 9.17) is 0 Å². The van der Waals surface area contributed by atoms with Crippen molar-refractivity contribution in [3.63, 3.8) is 0 Å². The third kappa shape index (κ3) is 4.89. The average molecular weight is 340 g/mol. The summed E-state index contributed by atoms with van der Waals surface area (Å²) in [4.78, 5) is 16.3. The van der Waals surface area contributed by atoms with E-state index in [0.717, 1.165) is 42.6 Å². The van der Waals surface area contributed by atoms with Crippen LogP contribution in [0, 0.1) is 0 Å². The summed E-state index contributed by atoms with van der Waals surface area (Å²) in [6.45, 7) is 5.16. The van der Waals surface area contributed by atoms with E-state index in [-0.39, 0.29) is 5.91 Å². The molecule has 0 spiro atoms. The zero-order chi connectivity index (χ0) is 14.4. The van der Waals surface area contributed by atoms with Gasteiger partial charge in [-0.15, -0.1) is 0 Å². The van der Waals surface area contributed by atoms with Crippen molar-refractivity contribution in [1.82, 2.24) is 15.1 Å². The second-order valence-electron chi connectivity index (χ2n) is 5.26. The van der Waals surface area contributed by atoms with Gasteiger partial charge in [-0.25, -0.2) is 0 Å². The minimum Gasteiger partial charge on any atom is -0.340 e. The Labute approximate surface area is 129 Å². The van der Waals surface area contributed by atoms with Gasteiger partial charge in [0.15, 0.2) is 0 Å². The van der Waals surface area contributed by atoms with E-state index in [9.17, 15) is 4.79 Å². The number of carbonyl (C=O) groups is 1. The highest BCUT2D eigenvalue weighted by atomic mass is 79.9. The molecule has 110 valence electrons. The van der Waals surface area contributed by atoms with Crippen LogP contribution in [0.15, 0.2) is 28.7 Å². The molecule has 0 saturated carbocycles. The molecule has 1 aliphatic heterocycles. The van der Waals surface area contributed by atoms with Gasteiger partial charge in [0, 0.05) is 31.2 Å². The lowest BCUT2D eigenvalue weighted by Crippen LogP contribution is -2.39. The van der Waals surface area contributed by atoms with Crippen LogP contribution in [0.4, 0.5) is 0 Å². The molecule has 1 saturated heterocycles. The van der Waals surface area contributed by atoms with E-state index in [1.807, 2.05) is 25.2 Å². The van der Waals surface area contributed by atoms with Gasteiger partial charge < -0.3 is 10.2 Å². The number of benzene rings is 1. The number of halogens is 1. The molecule has 0 radical (unpaired) electrons. The number of hydrogen-bond acceptors (Lipinski definition) is 3. The molecule has 1 heterocycles. The number of carbonyl (C=O) groups excluding carboxylic acids is 1. The van der Waals surface area contributed by atoms with Gasteiger partial charge in [-0.05, 0) is 37.2 Å². The van der Waals surface area contributed by atoms with Crippen LogP contribution in [0.3, 0.4) is 0 Å². The Hall–Kier alpha value is -0.910. The highest BCUT2D eigenvalue weighted by molar-refractivity contribution is 9.10. The maximum absolute atomic E-state index is 12.3. The van der Waals surface area contributed by atoms with Crippen molar-refractivity contribution in [2.75, 3.05) is 39.8 Å².